The van der Waals surface area contributed by atoms with Gasteiger partial charge in [0.1, 0.15) is 0 Å². The van der Waals surface area contributed by atoms with E-state index in [2.05, 4.69) is 18.7 Å². The lowest BCUT2D eigenvalue weighted by Crippen LogP contribution is -2.30. The molecule has 0 aromatic heterocycles. The molecule has 0 N–H and O–H groups in total. The molecule has 12 heavy (non-hydrogen) atoms. The van der Waals surface area contributed by atoms with E-state index in [-0.39, 0.29) is 0 Å². The molecule has 1 aliphatic rings. The molecule has 0 aromatic carbocycles. The second-order valence-electron chi connectivity index (χ2n) is 3.97. The third-order valence-corrected chi connectivity index (χ3v) is 2.92. The molecule has 1 heterocycles. The van der Waals surface area contributed by atoms with Crippen LogP contribution < -0.4 is 0 Å². The van der Waals surface area contributed by atoms with Crippen molar-refractivity contribution in [2.24, 2.45) is 0 Å². The van der Waals surface area contributed by atoms with Crippen molar-refractivity contribution in [2.75, 3.05) is 13.1 Å². The third kappa shape index (κ3) is 2.78. The largest absolute Gasteiger partial charge is 0.300 e. The van der Waals surface area contributed by atoms with E-state index >= 15 is 0 Å². The van der Waals surface area contributed by atoms with E-state index < -0.39 is 0 Å². The molecule has 0 aliphatic carbocycles. The Hall–Kier alpha value is -0.0400. The summed E-state index contributed by atoms with van der Waals surface area (Å²) >= 11 is 0. The smallest absolute Gasteiger partial charge is 0.00956 e. The van der Waals surface area contributed by atoms with Gasteiger partial charge in [0.2, 0.25) is 0 Å². The van der Waals surface area contributed by atoms with Gasteiger partial charge in [0.25, 0.3) is 0 Å². The second-order valence-corrected chi connectivity index (χ2v) is 3.97. The van der Waals surface area contributed by atoms with E-state index in [1.54, 1.807) is 0 Å². The molecule has 1 aliphatic heterocycles. The highest BCUT2D eigenvalue weighted by Gasteiger charge is 2.22. The highest BCUT2D eigenvalue weighted by atomic mass is 15.2. The van der Waals surface area contributed by atoms with Crippen LogP contribution >= 0.6 is 0 Å². The summed E-state index contributed by atoms with van der Waals surface area (Å²) in [6, 6.07) is 0.932. The number of hydrogen-bond acceptors (Lipinski definition) is 1. The monoisotopic (exact) mass is 169 g/mol. The van der Waals surface area contributed by atoms with Crippen LogP contribution in [0.25, 0.3) is 0 Å². The quantitative estimate of drug-likeness (QED) is 0.611. The Bertz CT molecular complexity index is 112. The molecule has 1 rings (SSSR count). The molecular formula is C11H23N. The van der Waals surface area contributed by atoms with Gasteiger partial charge in [-0.3, -0.25) is 0 Å². The predicted molar refractivity (Wildman–Crippen MR) is 54.4 cm³/mol. The van der Waals surface area contributed by atoms with Crippen molar-refractivity contribution < 1.29 is 0 Å². The summed E-state index contributed by atoms with van der Waals surface area (Å²) in [6.07, 6.45) is 8.40. The van der Waals surface area contributed by atoms with E-state index in [0.717, 1.165) is 6.04 Å². The second kappa shape index (κ2) is 5.58. The average molecular weight is 169 g/mol. The Morgan fingerprint density at radius 1 is 1.25 bits per heavy atom. The van der Waals surface area contributed by atoms with E-state index in [0.29, 0.717) is 0 Å². The predicted octanol–water partition coefficient (Wildman–Crippen LogP) is 3.05. The molecule has 0 aromatic rings. The fourth-order valence-corrected chi connectivity index (χ4v) is 2.21. The maximum absolute atomic E-state index is 2.70. The van der Waals surface area contributed by atoms with Gasteiger partial charge in [-0.1, -0.05) is 26.7 Å². The van der Waals surface area contributed by atoms with Crippen molar-refractivity contribution in [3.05, 3.63) is 0 Å². The molecule has 1 heteroatoms. The van der Waals surface area contributed by atoms with Gasteiger partial charge in [0, 0.05) is 6.04 Å². The Morgan fingerprint density at radius 3 is 2.75 bits per heavy atom. The van der Waals surface area contributed by atoms with Gasteiger partial charge in [0.05, 0.1) is 0 Å². The molecule has 1 unspecified atom stereocenters. The zero-order chi connectivity index (χ0) is 8.81. The van der Waals surface area contributed by atoms with Crippen LogP contribution in [0.4, 0.5) is 0 Å². The molecule has 1 saturated heterocycles. The summed E-state index contributed by atoms with van der Waals surface area (Å²) in [4.78, 5) is 2.70. The van der Waals surface area contributed by atoms with E-state index in [1.165, 1.54) is 51.6 Å². The Balaban J connectivity index is 2.20. The van der Waals surface area contributed by atoms with Gasteiger partial charge in [-0.05, 0) is 38.8 Å². The van der Waals surface area contributed by atoms with Gasteiger partial charge < -0.3 is 4.90 Å². The molecular weight excluding hydrogens is 146 g/mol. The number of hydrogen-bond donors (Lipinski definition) is 0. The van der Waals surface area contributed by atoms with Crippen molar-refractivity contribution in [3.8, 4) is 0 Å². The van der Waals surface area contributed by atoms with E-state index in [9.17, 15) is 0 Å². The first-order valence-electron chi connectivity index (χ1n) is 5.62. The number of likely N-dealkylation sites (tertiary alicyclic amines) is 1. The molecule has 0 amide bonds. The van der Waals surface area contributed by atoms with Crippen LogP contribution in [0, 0.1) is 0 Å². The van der Waals surface area contributed by atoms with Gasteiger partial charge in [-0.2, -0.15) is 0 Å². The molecule has 0 spiro atoms. The standard InChI is InChI=1S/C11H23N/c1-3-5-9-12-10-6-8-11(12)7-4-2/h11H,3-10H2,1-2H3. The van der Waals surface area contributed by atoms with Crippen molar-refractivity contribution in [3.63, 3.8) is 0 Å². The first kappa shape index (κ1) is 10.0. The minimum atomic E-state index is 0.932. The van der Waals surface area contributed by atoms with E-state index in [1.807, 2.05) is 0 Å². The molecule has 72 valence electrons. The highest BCUT2D eigenvalue weighted by Crippen LogP contribution is 2.21. The van der Waals surface area contributed by atoms with E-state index in [4.69, 9.17) is 0 Å². The molecule has 1 nitrogen and oxygen atoms in total. The van der Waals surface area contributed by atoms with Crippen molar-refractivity contribution in [2.45, 2.75) is 58.4 Å². The fraction of sp³-hybridized carbons (Fsp3) is 1.00. The van der Waals surface area contributed by atoms with Gasteiger partial charge in [-0.25, -0.2) is 0 Å². The van der Waals surface area contributed by atoms with Crippen LogP contribution in [-0.4, -0.2) is 24.0 Å². The van der Waals surface area contributed by atoms with Crippen molar-refractivity contribution >= 4 is 0 Å². The minimum Gasteiger partial charge on any atom is -0.300 e. The van der Waals surface area contributed by atoms with Crippen LogP contribution in [0.1, 0.15) is 52.4 Å². The van der Waals surface area contributed by atoms with Crippen LogP contribution in [0.5, 0.6) is 0 Å². The van der Waals surface area contributed by atoms with Gasteiger partial charge in [0.15, 0.2) is 0 Å². The zero-order valence-corrected chi connectivity index (χ0v) is 8.68. The Labute approximate surface area is 77.1 Å². The van der Waals surface area contributed by atoms with Crippen molar-refractivity contribution in [1.29, 1.82) is 0 Å². The maximum atomic E-state index is 2.70. The summed E-state index contributed by atoms with van der Waals surface area (Å²) in [5.74, 6) is 0. The molecule has 0 saturated carbocycles. The summed E-state index contributed by atoms with van der Waals surface area (Å²) in [6.45, 7) is 7.30. The lowest BCUT2D eigenvalue weighted by Gasteiger charge is -2.23. The van der Waals surface area contributed by atoms with Crippen LogP contribution in [0.3, 0.4) is 0 Å². The number of nitrogens with zero attached hydrogens (tertiary/aromatic N) is 1. The summed E-state index contributed by atoms with van der Waals surface area (Å²) in [5.41, 5.74) is 0. The van der Waals surface area contributed by atoms with Gasteiger partial charge >= 0.3 is 0 Å². The summed E-state index contributed by atoms with van der Waals surface area (Å²) < 4.78 is 0. The topological polar surface area (TPSA) is 3.24 Å². The molecule has 0 bridgehead atoms. The fourth-order valence-electron chi connectivity index (χ4n) is 2.21. The molecule has 0 radical (unpaired) electrons. The lowest BCUT2D eigenvalue weighted by molar-refractivity contribution is 0.238. The summed E-state index contributed by atoms with van der Waals surface area (Å²) in [5, 5.41) is 0. The number of rotatable bonds is 5. The van der Waals surface area contributed by atoms with Crippen LogP contribution in [-0.2, 0) is 0 Å². The molecule has 1 atom stereocenters. The minimum absolute atomic E-state index is 0.932. The van der Waals surface area contributed by atoms with Crippen molar-refractivity contribution in [1.82, 2.24) is 4.90 Å². The normalized spacial score (nSPS) is 25.0. The van der Waals surface area contributed by atoms with Crippen LogP contribution in [0.15, 0.2) is 0 Å². The number of unbranched alkanes of at least 4 members (excludes halogenated alkanes) is 1. The SMILES string of the molecule is CCCCN1CCCC1CCC. The first-order chi connectivity index (χ1) is 5.88. The molecule has 1 fully saturated rings. The zero-order valence-electron chi connectivity index (χ0n) is 8.68. The maximum Gasteiger partial charge on any atom is 0.00956 e. The Kier molecular flexibility index (Phi) is 4.67. The van der Waals surface area contributed by atoms with Crippen LogP contribution in [0.2, 0.25) is 0 Å². The summed E-state index contributed by atoms with van der Waals surface area (Å²) in [7, 11) is 0. The Morgan fingerprint density at radius 2 is 2.08 bits per heavy atom. The highest BCUT2D eigenvalue weighted by molar-refractivity contribution is 4.78. The third-order valence-electron chi connectivity index (χ3n) is 2.92. The lowest BCUT2D eigenvalue weighted by atomic mass is 10.1. The average Bonchev–Trinajstić information content (AvgIpc) is 2.50. The first-order valence-corrected chi connectivity index (χ1v) is 5.62. The van der Waals surface area contributed by atoms with Gasteiger partial charge in [-0.15, -0.1) is 0 Å².